The molecule has 1 aliphatic carbocycles. The maximum atomic E-state index is 11.9. The van der Waals surface area contributed by atoms with Gasteiger partial charge in [0.05, 0.1) is 0 Å². The first-order valence-electron chi connectivity index (χ1n) is 6.18. The first-order valence-corrected chi connectivity index (χ1v) is 6.18. The maximum Gasteiger partial charge on any atom is 0.319 e. The van der Waals surface area contributed by atoms with Crippen LogP contribution in [0.15, 0.2) is 24.3 Å². The van der Waals surface area contributed by atoms with Crippen molar-refractivity contribution in [2.45, 2.75) is 33.7 Å². The Morgan fingerprint density at radius 1 is 1.22 bits per heavy atom. The third kappa shape index (κ3) is 2.03. The van der Waals surface area contributed by atoms with Crippen molar-refractivity contribution < 1.29 is 4.79 Å². The highest BCUT2D eigenvalue weighted by Gasteiger charge is 2.65. The van der Waals surface area contributed by atoms with Crippen molar-refractivity contribution in [1.29, 1.82) is 0 Å². The van der Waals surface area contributed by atoms with Crippen LogP contribution in [0.1, 0.15) is 27.7 Å². The molecule has 2 rings (SSSR count). The maximum absolute atomic E-state index is 11.9. The van der Waals surface area contributed by atoms with Crippen molar-refractivity contribution >= 4 is 17.4 Å². The summed E-state index contributed by atoms with van der Waals surface area (Å²) < 4.78 is 0. The second-order valence-corrected chi connectivity index (χ2v) is 6.10. The largest absolute Gasteiger partial charge is 0.399 e. The molecule has 18 heavy (non-hydrogen) atoms. The van der Waals surface area contributed by atoms with E-state index < -0.39 is 0 Å². The van der Waals surface area contributed by atoms with Gasteiger partial charge in [0.2, 0.25) is 0 Å². The molecule has 0 atom stereocenters. The van der Waals surface area contributed by atoms with Gasteiger partial charge in [-0.2, -0.15) is 0 Å². The predicted molar refractivity (Wildman–Crippen MR) is 74.4 cm³/mol. The van der Waals surface area contributed by atoms with E-state index in [1.165, 1.54) is 0 Å². The molecule has 0 aromatic heterocycles. The number of nitrogens with two attached hydrogens (primary N) is 1. The Hall–Kier alpha value is -1.71. The van der Waals surface area contributed by atoms with Crippen LogP contribution in [0.3, 0.4) is 0 Å². The molecule has 0 heterocycles. The van der Waals surface area contributed by atoms with Gasteiger partial charge < -0.3 is 16.4 Å². The average Bonchev–Trinajstić information content (AvgIpc) is 2.61. The normalized spacial score (nSPS) is 20.2. The van der Waals surface area contributed by atoms with Crippen molar-refractivity contribution in [2.24, 2.45) is 10.8 Å². The van der Waals surface area contributed by atoms with Gasteiger partial charge in [0.15, 0.2) is 0 Å². The van der Waals surface area contributed by atoms with Gasteiger partial charge in [0.25, 0.3) is 0 Å². The van der Waals surface area contributed by atoms with Gasteiger partial charge in [-0.1, -0.05) is 33.8 Å². The molecular weight excluding hydrogens is 226 g/mol. The van der Waals surface area contributed by atoms with Crippen LogP contribution in [-0.4, -0.2) is 12.1 Å². The van der Waals surface area contributed by atoms with Crippen LogP contribution < -0.4 is 16.4 Å². The van der Waals surface area contributed by atoms with Crippen LogP contribution in [0, 0.1) is 10.8 Å². The number of rotatable bonds is 2. The van der Waals surface area contributed by atoms with E-state index in [1.807, 2.05) is 12.1 Å². The fourth-order valence-corrected chi connectivity index (χ4v) is 2.47. The Morgan fingerprint density at radius 2 is 1.83 bits per heavy atom. The van der Waals surface area contributed by atoms with Gasteiger partial charge in [-0.25, -0.2) is 4.79 Å². The topological polar surface area (TPSA) is 67.2 Å². The van der Waals surface area contributed by atoms with Crippen molar-refractivity contribution in [1.82, 2.24) is 5.32 Å². The fourth-order valence-electron chi connectivity index (χ4n) is 2.47. The Kier molecular flexibility index (Phi) is 2.76. The minimum absolute atomic E-state index is 0.139. The van der Waals surface area contributed by atoms with Crippen LogP contribution in [0.5, 0.6) is 0 Å². The standard InChI is InChI=1S/C14H21N3O/c1-13(2)11(14(13,3)4)17-12(18)16-10-7-5-6-9(15)8-10/h5-8,11H,15H2,1-4H3,(H2,16,17,18). The summed E-state index contributed by atoms with van der Waals surface area (Å²) in [7, 11) is 0. The number of anilines is 2. The molecule has 4 N–H and O–H groups in total. The van der Waals surface area contributed by atoms with Gasteiger partial charge in [-0.3, -0.25) is 0 Å². The number of hydrogen-bond acceptors (Lipinski definition) is 2. The van der Waals surface area contributed by atoms with E-state index in [9.17, 15) is 4.79 Å². The lowest BCUT2D eigenvalue weighted by atomic mass is 10.0. The van der Waals surface area contributed by atoms with Gasteiger partial charge in [-0.05, 0) is 29.0 Å². The summed E-state index contributed by atoms with van der Waals surface area (Å²) in [6.45, 7) is 8.66. The lowest BCUT2D eigenvalue weighted by Gasteiger charge is -2.09. The number of benzene rings is 1. The molecule has 0 saturated heterocycles. The third-order valence-corrected chi connectivity index (χ3v) is 4.44. The number of nitrogen functional groups attached to an aromatic ring is 1. The summed E-state index contributed by atoms with van der Waals surface area (Å²) in [4.78, 5) is 11.9. The van der Waals surface area contributed by atoms with Gasteiger partial charge in [-0.15, -0.1) is 0 Å². The van der Waals surface area contributed by atoms with E-state index in [-0.39, 0.29) is 22.9 Å². The molecule has 1 aromatic carbocycles. The van der Waals surface area contributed by atoms with E-state index >= 15 is 0 Å². The summed E-state index contributed by atoms with van der Waals surface area (Å²) in [6, 6.07) is 7.18. The lowest BCUT2D eigenvalue weighted by Crippen LogP contribution is -2.33. The van der Waals surface area contributed by atoms with Crippen LogP contribution in [-0.2, 0) is 0 Å². The summed E-state index contributed by atoms with van der Waals surface area (Å²) in [6.07, 6.45) is 0. The summed E-state index contributed by atoms with van der Waals surface area (Å²) >= 11 is 0. The number of nitrogens with one attached hydrogen (secondary N) is 2. The first kappa shape index (κ1) is 12.7. The van der Waals surface area contributed by atoms with E-state index in [0.717, 1.165) is 0 Å². The monoisotopic (exact) mass is 247 g/mol. The molecule has 0 aliphatic heterocycles. The molecule has 0 unspecified atom stereocenters. The highest BCUT2D eigenvalue weighted by molar-refractivity contribution is 5.90. The van der Waals surface area contributed by atoms with Crippen LogP contribution in [0.25, 0.3) is 0 Å². The molecule has 4 nitrogen and oxygen atoms in total. The zero-order valence-electron chi connectivity index (χ0n) is 11.4. The molecule has 0 spiro atoms. The van der Waals surface area contributed by atoms with Crippen LogP contribution in [0.2, 0.25) is 0 Å². The smallest absolute Gasteiger partial charge is 0.319 e. The molecule has 1 aromatic rings. The SMILES string of the molecule is CC1(C)C(NC(=O)Nc2cccc(N)c2)C1(C)C. The molecule has 1 fully saturated rings. The number of amides is 2. The number of carbonyl (C=O) groups is 1. The average molecular weight is 247 g/mol. The fraction of sp³-hybridized carbons (Fsp3) is 0.500. The molecule has 1 saturated carbocycles. The van der Waals surface area contributed by atoms with E-state index in [1.54, 1.807) is 12.1 Å². The zero-order valence-corrected chi connectivity index (χ0v) is 11.4. The van der Waals surface area contributed by atoms with E-state index in [2.05, 4.69) is 38.3 Å². The number of hydrogen-bond donors (Lipinski definition) is 3. The molecule has 4 heteroatoms. The van der Waals surface area contributed by atoms with Crippen LogP contribution >= 0.6 is 0 Å². The van der Waals surface area contributed by atoms with E-state index in [0.29, 0.717) is 11.4 Å². The molecule has 2 amide bonds. The Balaban J connectivity index is 1.95. The summed E-state index contributed by atoms with van der Waals surface area (Å²) in [5, 5.41) is 5.81. The number of urea groups is 1. The lowest BCUT2D eigenvalue weighted by molar-refractivity contribution is 0.250. The highest BCUT2D eigenvalue weighted by atomic mass is 16.2. The predicted octanol–water partition coefficient (Wildman–Crippen LogP) is 2.82. The second-order valence-electron chi connectivity index (χ2n) is 6.10. The molecular formula is C14H21N3O. The minimum Gasteiger partial charge on any atom is -0.399 e. The van der Waals surface area contributed by atoms with Crippen molar-refractivity contribution in [3.8, 4) is 0 Å². The molecule has 98 valence electrons. The van der Waals surface area contributed by atoms with E-state index in [4.69, 9.17) is 5.73 Å². The first-order chi connectivity index (χ1) is 8.25. The summed E-state index contributed by atoms with van der Waals surface area (Å²) in [5.41, 5.74) is 7.29. The van der Waals surface area contributed by atoms with Gasteiger partial charge >= 0.3 is 6.03 Å². The Labute approximate surface area is 108 Å². The second kappa shape index (κ2) is 3.90. The third-order valence-electron chi connectivity index (χ3n) is 4.44. The molecule has 0 bridgehead atoms. The zero-order chi connectivity index (χ0) is 13.6. The Bertz CT molecular complexity index is 466. The summed E-state index contributed by atoms with van der Waals surface area (Å²) in [5.74, 6) is 0. The Morgan fingerprint density at radius 3 is 2.33 bits per heavy atom. The quantitative estimate of drug-likeness (QED) is 0.703. The minimum atomic E-state index is -0.177. The van der Waals surface area contributed by atoms with Gasteiger partial charge in [0.1, 0.15) is 0 Å². The number of carbonyl (C=O) groups excluding carboxylic acids is 1. The van der Waals surface area contributed by atoms with Crippen molar-refractivity contribution in [2.75, 3.05) is 11.1 Å². The molecule has 0 radical (unpaired) electrons. The van der Waals surface area contributed by atoms with Crippen molar-refractivity contribution in [3.05, 3.63) is 24.3 Å². The molecule has 1 aliphatic rings. The van der Waals surface area contributed by atoms with Crippen molar-refractivity contribution in [3.63, 3.8) is 0 Å². The highest BCUT2D eigenvalue weighted by Crippen LogP contribution is 2.62. The van der Waals surface area contributed by atoms with Crippen LogP contribution in [0.4, 0.5) is 16.2 Å². The van der Waals surface area contributed by atoms with Gasteiger partial charge in [0, 0.05) is 17.4 Å².